The van der Waals surface area contributed by atoms with Crippen molar-refractivity contribution in [2.75, 3.05) is 26.2 Å². The summed E-state index contributed by atoms with van der Waals surface area (Å²) >= 11 is 5.98. The number of nitrogens with zero attached hydrogens (tertiary/aromatic N) is 1. The zero-order chi connectivity index (χ0) is 23.0. The van der Waals surface area contributed by atoms with Gasteiger partial charge in [-0.15, -0.1) is 0 Å². The average Bonchev–Trinajstić information content (AvgIpc) is 2.74. The Balaban J connectivity index is 2.21. The van der Waals surface area contributed by atoms with Gasteiger partial charge in [0.25, 0.3) is 5.28 Å². The van der Waals surface area contributed by atoms with Crippen LogP contribution in [0.25, 0.3) is 0 Å². The summed E-state index contributed by atoms with van der Waals surface area (Å²) in [5, 5.41) is -1.64. The van der Waals surface area contributed by atoms with Gasteiger partial charge in [-0.05, 0) is 35.9 Å². The molecule has 0 radical (unpaired) electrons. The minimum atomic E-state index is -5.24. The van der Waals surface area contributed by atoms with Gasteiger partial charge in [-0.1, -0.05) is 23.7 Å². The van der Waals surface area contributed by atoms with Crippen molar-refractivity contribution < 1.29 is 36.3 Å². The Kier molecular flexibility index (Phi) is 6.30. The minimum Gasteiger partial charge on any atom is -0.497 e. The van der Waals surface area contributed by atoms with Crippen molar-refractivity contribution in [3.05, 3.63) is 58.6 Å². The number of ether oxygens (including phenoxy) is 1. The highest BCUT2D eigenvalue weighted by atomic mass is 35.5. The first-order chi connectivity index (χ1) is 14.5. The van der Waals surface area contributed by atoms with Crippen molar-refractivity contribution in [2.24, 2.45) is 0 Å². The highest BCUT2D eigenvalue weighted by Gasteiger charge is 2.72. The van der Waals surface area contributed by atoms with Gasteiger partial charge < -0.3 is 19.1 Å². The molecule has 2 aromatic rings. The summed E-state index contributed by atoms with van der Waals surface area (Å²) in [5.41, 5.74) is -0.0544. The fourth-order valence-corrected chi connectivity index (χ4v) is 5.33. The number of hydrogen-bond donors (Lipinski definition) is 1. The molecule has 0 bridgehead atoms. The molecule has 1 aliphatic heterocycles. The number of urea groups is 1. The third-order valence-corrected chi connectivity index (χ3v) is 7.60. The van der Waals surface area contributed by atoms with Gasteiger partial charge in [-0.25, -0.2) is 4.79 Å². The highest BCUT2D eigenvalue weighted by molar-refractivity contribution is 7.55. The molecule has 1 atom stereocenters. The van der Waals surface area contributed by atoms with E-state index in [4.69, 9.17) is 25.4 Å². The lowest BCUT2D eigenvalue weighted by Gasteiger charge is -2.46. The van der Waals surface area contributed by atoms with Crippen LogP contribution >= 0.6 is 19.2 Å². The summed E-state index contributed by atoms with van der Waals surface area (Å²) in [4.78, 5) is 14.0. The van der Waals surface area contributed by atoms with Gasteiger partial charge in [0, 0.05) is 24.8 Å². The van der Waals surface area contributed by atoms with Crippen LogP contribution in [0.1, 0.15) is 11.1 Å². The lowest BCUT2D eigenvalue weighted by atomic mass is 9.99. The summed E-state index contributed by atoms with van der Waals surface area (Å²) < 4.78 is 71.1. The molecule has 0 spiro atoms. The van der Waals surface area contributed by atoms with Gasteiger partial charge in [0.1, 0.15) is 5.75 Å². The predicted octanol–water partition coefficient (Wildman–Crippen LogP) is 5.28. The van der Waals surface area contributed by atoms with Crippen molar-refractivity contribution in [3.63, 3.8) is 0 Å². The molecule has 0 unspecified atom stereocenters. The molecule has 7 nitrogen and oxygen atoms in total. The summed E-state index contributed by atoms with van der Waals surface area (Å²) in [7, 11) is -1.85. The first-order valence-corrected chi connectivity index (χ1v) is 10.8. The van der Waals surface area contributed by atoms with E-state index in [0.29, 0.717) is 11.3 Å². The number of hydrogen-bond acceptors (Lipinski definition) is 5. The van der Waals surface area contributed by atoms with Crippen LogP contribution in [0.4, 0.5) is 23.7 Å². The molecule has 31 heavy (non-hydrogen) atoms. The number of rotatable bonds is 6. The van der Waals surface area contributed by atoms with Crippen LogP contribution in [0, 0.1) is 0 Å². The number of halogens is 4. The van der Waals surface area contributed by atoms with E-state index in [1.165, 1.54) is 19.2 Å². The third kappa shape index (κ3) is 3.78. The van der Waals surface area contributed by atoms with Gasteiger partial charge in [0.05, 0.1) is 19.3 Å². The van der Waals surface area contributed by atoms with Crippen molar-refractivity contribution in [1.82, 2.24) is 5.32 Å². The van der Waals surface area contributed by atoms with Crippen molar-refractivity contribution >= 4 is 30.9 Å². The normalized spacial score (nSPS) is 19.1. The summed E-state index contributed by atoms with van der Waals surface area (Å²) in [6.07, 6.45) is -5.24. The number of amides is 2. The second-order valence-electron chi connectivity index (χ2n) is 6.60. The highest BCUT2D eigenvalue weighted by Crippen LogP contribution is 2.70. The monoisotopic (exact) mass is 478 g/mol. The maximum atomic E-state index is 14.5. The van der Waals surface area contributed by atoms with E-state index in [2.05, 4.69) is 0 Å². The summed E-state index contributed by atoms with van der Waals surface area (Å²) in [5.74, 6) is 0.580. The second-order valence-corrected chi connectivity index (χ2v) is 9.43. The Bertz CT molecular complexity index is 1030. The molecule has 0 saturated heterocycles. The third-order valence-electron chi connectivity index (χ3n) is 4.97. The first kappa shape index (κ1) is 23.4. The number of anilines is 1. The Morgan fingerprint density at radius 1 is 1.10 bits per heavy atom. The second kappa shape index (κ2) is 8.35. The summed E-state index contributed by atoms with van der Waals surface area (Å²) in [6.45, 7) is -0.0668. The minimum absolute atomic E-state index is 0.0494. The van der Waals surface area contributed by atoms with Crippen LogP contribution in [-0.4, -0.2) is 33.5 Å². The van der Waals surface area contributed by atoms with Crippen LogP contribution in [0.3, 0.4) is 0 Å². The number of carbonyl (C=O) groups is 1. The van der Waals surface area contributed by atoms with Gasteiger partial charge in [-0.3, -0.25) is 9.46 Å². The van der Waals surface area contributed by atoms with Crippen LogP contribution in [-0.2, 0) is 25.4 Å². The number of methoxy groups -OCH3 is 1. The molecule has 0 saturated carbocycles. The molecule has 168 valence electrons. The van der Waals surface area contributed by atoms with Gasteiger partial charge in [0.2, 0.25) is 0 Å². The van der Waals surface area contributed by atoms with Crippen LogP contribution < -0.4 is 15.0 Å². The lowest BCUT2D eigenvalue weighted by Crippen LogP contribution is -2.62. The number of fused-ring (bicyclic) bond motifs is 1. The van der Waals surface area contributed by atoms with E-state index in [-0.39, 0.29) is 17.3 Å². The van der Waals surface area contributed by atoms with E-state index >= 15 is 0 Å². The maximum absolute atomic E-state index is 14.5. The first-order valence-electron chi connectivity index (χ1n) is 8.84. The van der Waals surface area contributed by atoms with Gasteiger partial charge in [0.15, 0.2) is 0 Å². The maximum Gasteiger partial charge on any atom is 0.427 e. The zero-order valence-electron chi connectivity index (χ0n) is 16.7. The average molecular weight is 479 g/mol. The SMILES string of the molecule is COc1ccc(CN2C(=O)N[C@@](C(F)(F)F)(P(=O)(OC)OC)c3cc(Cl)ccc32)cc1. The molecule has 3 rings (SSSR count). The van der Waals surface area contributed by atoms with E-state index in [1.807, 2.05) is 5.32 Å². The molecule has 1 heterocycles. The van der Waals surface area contributed by atoms with Gasteiger partial charge in [-0.2, -0.15) is 13.2 Å². The molecule has 1 aliphatic rings. The van der Waals surface area contributed by atoms with Crippen LogP contribution in [0.15, 0.2) is 42.5 Å². The van der Waals surface area contributed by atoms with E-state index < -0.39 is 30.6 Å². The Labute approximate surface area is 181 Å². The quantitative estimate of drug-likeness (QED) is 0.572. The van der Waals surface area contributed by atoms with Crippen molar-refractivity contribution in [1.29, 1.82) is 0 Å². The molecule has 1 N–H and O–H groups in total. The lowest BCUT2D eigenvalue weighted by molar-refractivity contribution is -0.176. The smallest absolute Gasteiger partial charge is 0.427 e. The van der Waals surface area contributed by atoms with E-state index in [9.17, 15) is 22.5 Å². The molecule has 12 heteroatoms. The van der Waals surface area contributed by atoms with E-state index in [0.717, 1.165) is 25.2 Å². The summed E-state index contributed by atoms with van der Waals surface area (Å²) in [6, 6.07) is 9.12. The Morgan fingerprint density at radius 3 is 2.23 bits per heavy atom. The number of carbonyl (C=O) groups excluding carboxylic acids is 1. The molecule has 0 fully saturated rings. The molecule has 0 aliphatic carbocycles. The van der Waals surface area contributed by atoms with Crippen LogP contribution in [0.5, 0.6) is 5.75 Å². The molecular weight excluding hydrogens is 460 g/mol. The molecule has 0 aromatic heterocycles. The number of alkyl halides is 3. The standard InChI is InChI=1S/C19H19ClF3N2O5P/c1-28-14-7-4-12(5-8-14)11-25-16-9-6-13(20)10-15(16)18(19(21,22)23,24-17(25)26)31(27,29-2)30-3/h4-10H,11H2,1-3H3,(H,24,26)/t18-/m1/s1. The fraction of sp³-hybridized carbons (Fsp3) is 0.316. The van der Waals surface area contributed by atoms with Crippen molar-refractivity contribution in [3.8, 4) is 5.75 Å². The Morgan fingerprint density at radius 2 is 1.71 bits per heavy atom. The largest absolute Gasteiger partial charge is 0.497 e. The molecule has 2 aromatic carbocycles. The van der Waals surface area contributed by atoms with Gasteiger partial charge >= 0.3 is 19.8 Å². The van der Waals surface area contributed by atoms with Crippen molar-refractivity contribution in [2.45, 2.75) is 18.0 Å². The zero-order valence-corrected chi connectivity index (χ0v) is 18.3. The van der Waals surface area contributed by atoms with E-state index in [1.54, 1.807) is 24.3 Å². The topological polar surface area (TPSA) is 77.1 Å². The number of benzene rings is 2. The number of nitrogens with one attached hydrogen (secondary N) is 1. The fourth-order valence-electron chi connectivity index (χ4n) is 3.45. The molecular formula is C19H19ClF3N2O5P. The molecule has 2 amide bonds. The Hall–Kier alpha value is -2.26. The van der Waals surface area contributed by atoms with Crippen LogP contribution in [0.2, 0.25) is 5.02 Å². The predicted molar refractivity (Wildman–Crippen MR) is 109 cm³/mol.